The molecule has 0 nitrogen and oxygen atoms in total. The van der Waals surface area contributed by atoms with E-state index in [4.69, 9.17) is 0 Å². The molecule has 1 rings (SSSR count). The molecule has 1 aliphatic carbocycles. The number of rotatable bonds is 1. The summed E-state index contributed by atoms with van der Waals surface area (Å²) in [7, 11) is 0. The van der Waals surface area contributed by atoms with Crippen LogP contribution in [0.25, 0.3) is 0 Å². The van der Waals surface area contributed by atoms with Crippen LogP contribution in [-0.2, 0) is 0 Å². The highest BCUT2D eigenvalue weighted by atomic mass is 127. The van der Waals surface area contributed by atoms with Crippen molar-refractivity contribution >= 4 is 22.6 Å². The van der Waals surface area contributed by atoms with Crippen molar-refractivity contribution < 1.29 is 0 Å². The minimum absolute atomic E-state index is 1.20. The molecule has 0 saturated carbocycles. The smallest absolute Gasteiger partial charge is 0.0209 e. The first kappa shape index (κ1) is 7.32. The van der Waals surface area contributed by atoms with Crippen LogP contribution < -0.4 is 0 Å². The highest BCUT2D eigenvalue weighted by Gasteiger charge is 1.99. The summed E-state index contributed by atoms with van der Waals surface area (Å²) < 4.78 is 1.20. The zero-order chi connectivity index (χ0) is 6.69. The molecule has 1 heteroatoms. The van der Waals surface area contributed by atoms with E-state index in [0.29, 0.717) is 0 Å². The summed E-state index contributed by atoms with van der Waals surface area (Å²) in [6, 6.07) is 0. The Morgan fingerprint density at radius 1 is 1.44 bits per heavy atom. The van der Waals surface area contributed by atoms with Gasteiger partial charge in [0, 0.05) is 4.43 Å². The van der Waals surface area contributed by atoms with E-state index in [1.54, 1.807) is 5.57 Å². The van der Waals surface area contributed by atoms with Gasteiger partial charge in [0.1, 0.15) is 0 Å². The van der Waals surface area contributed by atoms with Gasteiger partial charge in [-0.1, -0.05) is 45.9 Å². The lowest BCUT2D eigenvalue weighted by Gasteiger charge is -2.08. The standard InChI is InChI=1S/C8H11I/c1-7-2-4-8(6-9)5-3-7/h2,4H,3,5-6H2,1H3. The quantitative estimate of drug-likeness (QED) is 0.483. The van der Waals surface area contributed by atoms with E-state index in [1.165, 1.54) is 22.8 Å². The number of allylic oxidation sites excluding steroid dienone is 4. The number of hydrogen-bond donors (Lipinski definition) is 0. The first-order valence-electron chi connectivity index (χ1n) is 3.24. The van der Waals surface area contributed by atoms with E-state index in [1.807, 2.05) is 0 Å². The van der Waals surface area contributed by atoms with Gasteiger partial charge in [-0.25, -0.2) is 0 Å². The van der Waals surface area contributed by atoms with Crippen molar-refractivity contribution in [3.8, 4) is 0 Å². The normalized spacial score (nSPS) is 18.9. The summed E-state index contributed by atoms with van der Waals surface area (Å²) in [5.74, 6) is 0. The molecule has 0 aliphatic heterocycles. The fraction of sp³-hybridized carbons (Fsp3) is 0.500. The lowest BCUT2D eigenvalue weighted by atomic mass is 10.0. The van der Waals surface area contributed by atoms with Gasteiger partial charge in [0.25, 0.3) is 0 Å². The molecule has 0 unspecified atom stereocenters. The van der Waals surface area contributed by atoms with E-state index in [0.717, 1.165) is 0 Å². The van der Waals surface area contributed by atoms with Gasteiger partial charge in [0.05, 0.1) is 0 Å². The largest absolute Gasteiger partial charge is 0.0815 e. The SMILES string of the molecule is CC1=CC=C(CI)CC1. The van der Waals surface area contributed by atoms with Gasteiger partial charge in [-0.3, -0.25) is 0 Å². The first-order valence-corrected chi connectivity index (χ1v) is 4.76. The summed E-state index contributed by atoms with van der Waals surface area (Å²) in [5.41, 5.74) is 3.10. The van der Waals surface area contributed by atoms with Crippen LogP contribution in [0.4, 0.5) is 0 Å². The topological polar surface area (TPSA) is 0 Å². The predicted octanol–water partition coefficient (Wildman–Crippen LogP) is 3.09. The molecule has 0 aromatic carbocycles. The molecule has 1 aliphatic rings. The average molecular weight is 234 g/mol. The lowest BCUT2D eigenvalue weighted by Crippen LogP contribution is -1.90. The van der Waals surface area contributed by atoms with E-state index in [2.05, 4.69) is 41.7 Å². The third kappa shape index (κ3) is 2.12. The van der Waals surface area contributed by atoms with E-state index < -0.39 is 0 Å². The summed E-state index contributed by atoms with van der Waals surface area (Å²) in [6.07, 6.45) is 7.04. The Morgan fingerprint density at radius 3 is 2.67 bits per heavy atom. The zero-order valence-corrected chi connectivity index (χ0v) is 7.81. The van der Waals surface area contributed by atoms with Crippen LogP contribution in [0, 0.1) is 0 Å². The molecule has 0 heterocycles. The maximum absolute atomic E-state index is 2.42. The van der Waals surface area contributed by atoms with Gasteiger partial charge >= 0.3 is 0 Å². The molecule has 0 spiro atoms. The van der Waals surface area contributed by atoms with Crippen molar-refractivity contribution in [3.63, 3.8) is 0 Å². The molecular weight excluding hydrogens is 223 g/mol. The van der Waals surface area contributed by atoms with Crippen LogP contribution in [0.1, 0.15) is 19.8 Å². The molecule has 0 aromatic heterocycles. The van der Waals surface area contributed by atoms with Crippen LogP contribution in [0.15, 0.2) is 23.3 Å². The van der Waals surface area contributed by atoms with Crippen molar-refractivity contribution in [1.29, 1.82) is 0 Å². The minimum Gasteiger partial charge on any atom is -0.0815 e. The third-order valence-corrected chi connectivity index (χ3v) is 2.60. The molecule has 0 bridgehead atoms. The Morgan fingerprint density at radius 2 is 2.22 bits per heavy atom. The number of halogens is 1. The second-order valence-corrected chi connectivity index (χ2v) is 3.23. The monoisotopic (exact) mass is 234 g/mol. The van der Waals surface area contributed by atoms with E-state index >= 15 is 0 Å². The Kier molecular flexibility index (Phi) is 2.76. The van der Waals surface area contributed by atoms with Gasteiger partial charge in [-0.05, 0) is 19.8 Å². The molecular formula is C8H11I. The molecule has 0 radical (unpaired) electrons. The van der Waals surface area contributed by atoms with Crippen molar-refractivity contribution in [2.75, 3.05) is 4.43 Å². The summed E-state index contributed by atoms with van der Waals surface area (Å²) in [4.78, 5) is 0. The van der Waals surface area contributed by atoms with Crippen LogP contribution in [0.5, 0.6) is 0 Å². The van der Waals surface area contributed by atoms with Gasteiger partial charge in [0.15, 0.2) is 0 Å². The highest BCUT2D eigenvalue weighted by molar-refractivity contribution is 14.1. The van der Waals surface area contributed by atoms with E-state index in [9.17, 15) is 0 Å². The second kappa shape index (κ2) is 3.40. The van der Waals surface area contributed by atoms with Crippen LogP contribution >= 0.6 is 22.6 Å². The Labute approximate surface area is 70.2 Å². The molecule has 0 atom stereocenters. The minimum atomic E-state index is 1.20. The van der Waals surface area contributed by atoms with E-state index in [-0.39, 0.29) is 0 Å². The molecule has 0 fully saturated rings. The lowest BCUT2D eigenvalue weighted by molar-refractivity contribution is 0.913. The maximum atomic E-state index is 2.42. The molecule has 50 valence electrons. The molecule has 9 heavy (non-hydrogen) atoms. The summed E-state index contributed by atoms with van der Waals surface area (Å²) in [6.45, 7) is 2.19. The summed E-state index contributed by atoms with van der Waals surface area (Å²) in [5, 5.41) is 0. The van der Waals surface area contributed by atoms with Gasteiger partial charge in [-0.2, -0.15) is 0 Å². The molecule has 0 N–H and O–H groups in total. The van der Waals surface area contributed by atoms with Crippen molar-refractivity contribution in [2.45, 2.75) is 19.8 Å². The Bertz CT molecular complexity index is 154. The molecule has 0 saturated heterocycles. The van der Waals surface area contributed by atoms with Crippen molar-refractivity contribution in [2.24, 2.45) is 0 Å². The average Bonchev–Trinajstić information content (AvgIpc) is 1.90. The number of hydrogen-bond acceptors (Lipinski definition) is 0. The van der Waals surface area contributed by atoms with Gasteiger partial charge < -0.3 is 0 Å². The van der Waals surface area contributed by atoms with Crippen LogP contribution in [-0.4, -0.2) is 4.43 Å². The number of alkyl halides is 1. The summed E-state index contributed by atoms with van der Waals surface area (Å²) >= 11 is 2.42. The highest BCUT2D eigenvalue weighted by Crippen LogP contribution is 2.18. The fourth-order valence-electron chi connectivity index (χ4n) is 0.896. The third-order valence-electron chi connectivity index (χ3n) is 1.62. The Balaban J connectivity index is 2.59. The first-order chi connectivity index (χ1) is 4.33. The van der Waals surface area contributed by atoms with Crippen molar-refractivity contribution in [3.05, 3.63) is 23.3 Å². The van der Waals surface area contributed by atoms with Gasteiger partial charge in [-0.15, -0.1) is 0 Å². The Hall–Kier alpha value is 0.210. The zero-order valence-electron chi connectivity index (χ0n) is 5.65. The van der Waals surface area contributed by atoms with Crippen molar-refractivity contribution in [1.82, 2.24) is 0 Å². The van der Waals surface area contributed by atoms with Gasteiger partial charge in [0.2, 0.25) is 0 Å². The predicted molar refractivity (Wildman–Crippen MR) is 50.0 cm³/mol. The van der Waals surface area contributed by atoms with Crippen LogP contribution in [0.3, 0.4) is 0 Å². The maximum Gasteiger partial charge on any atom is 0.0209 e. The molecule has 0 aromatic rings. The fourth-order valence-corrected chi connectivity index (χ4v) is 1.53. The second-order valence-electron chi connectivity index (χ2n) is 2.47. The van der Waals surface area contributed by atoms with Crippen LogP contribution in [0.2, 0.25) is 0 Å². The molecule has 0 amide bonds.